The smallest absolute Gasteiger partial charge is 0.220 e. The molecule has 3 N–H and O–H groups in total. The normalized spacial score (nSPS) is 12.0. The van der Waals surface area contributed by atoms with Gasteiger partial charge in [-0.05, 0) is 31.5 Å². The van der Waals surface area contributed by atoms with Gasteiger partial charge < -0.3 is 15.8 Å². The standard InChI is InChI=1S/C13H18Cl2N2O2/c1-9(8-16)17-13(18)3-2-6-19-12-5-4-10(14)7-11(12)15/h4-5,7,9H,2-3,6,8,16H2,1H3,(H,17,18)/t9-/m0/s1. The minimum atomic E-state index is -0.0243. The number of amides is 1. The van der Waals surface area contributed by atoms with Crippen molar-refractivity contribution < 1.29 is 9.53 Å². The van der Waals surface area contributed by atoms with Crippen LogP contribution in [0.3, 0.4) is 0 Å². The molecular formula is C13H18Cl2N2O2. The second kappa shape index (κ2) is 8.25. The van der Waals surface area contributed by atoms with E-state index in [4.69, 9.17) is 33.7 Å². The molecule has 0 aliphatic rings. The molecule has 0 radical (unpaired) electrons. The summed E-state index contributed by atoms with van der Waals surface area (Å²) in [6.45, 7) is 2.72. The summed E-state index contributed by atoms with van der Waals surface area (Å²) < 4.78 is 5.48. The Morgan fingerprint density at radius 3 is 2.84 bits per heavy atom. The van der Waals surface area contributed by atoms with Gasteiger partial charge in [0.2, 0.25) is 5.91 Å². The fourth-order valence-corrected chi connectivity index (χ4v) is 1.88. The Bertz CT molecular complexity index is 427. The molecule has 0 aliphatic carbocycles. The van der Waals surface area contributed by atoms with Gasteiger partial charge in [0.25, 0.3) is 0 Å². The highest BCUT2D eigenvalue weighted by atomic mass is 35.5. The summed E-state index contributed by atoms with van der Waals surface area (Å²) in [4.78, 5) is 11.5. The third-order valence-corrected chi connectivity index (χ3v) is 2.99. The molecule has 0 aliphatic heterocycles. The van der Waals surface area contributed by atoms with Crippen LogP contribution in [-0.4, -0.2) is 25.1 Å². The van der Waals surface area contributed by atoms with Crippen LogP contribution in [0.5, 0.6) is 5.75 Å². The fourth-order valence-electron chi connectivity index (χ4n) is 1.41. The maximum Gasteiger partial charge on any atom is 0.220 e. The van der Waals surface area contributed by atoms with E-state index in [0.717, 1.165) is 0 Å². The van der Waals surface area contributed by atoms with Gasteiger partial charge in [0.1, 0.15) is 5.75 Å². The average Bonchev–Trinajstić information content (AvgIpc) is 2.36. The van der Waals surface area contributed by atoms with Crippen molar-refractivity contribution >= 4 is 29.1 Å². The van der Waals surface area contributed by atoms with Crippen molar-refractivity contribution in [2.75, 3.05) is 13.2 Å². The monoisotopic (exact) mass is 304 g/mol. The van der Waals surface area contributed by atoms with E-state index < -0.39 is 0 Å². The van der Waals surface area contributed by atoms with Gasteiger partial charge in [-0.1, -0.05) is 23.2 Å². The maximum absolute atomic E-state index is 11.5. The van der Waals surface area contributed by atoms with Gasteiger partial charge in [0.15, 0.2) is 0 Å². The first kappa shape index (κ1) is 16.1. The topological polar surface area (TPSA) is 64.3 Å². The summed E-state index contributed by atoms with van der Waals surface area (Å²) >= 11 is 11.7. The first-order chi connectivity index (χ1) is 9.02. The second-order valence-corrected chi connectivity index (χ2v) is 5.07. The highest BCUT2D eigenvalue weighted by Gasteiger charge is 2.06. The molecule has 1 rings (SSSR count). The molecule has 0 saturated heterocycles. The third kappa shape index (κ3) is 6.14. The second-order valence-electron chi connectivity index (χ2n) is 4.23. The Labute approximate surface area is 123 Å². The van der Waals surface area contributed by atoms with Crippen molar-refractivity contribution in [1.29, 1.82) is 0 Å². The highest BCUT2D eigenvalue weighted by molar-refractivity contribution is 6.35. The predicted molar refractivity (Wildman–Crippen MR) is 77.9 cm³/mol. The number of carbonyl (C=O) groups is 1. The molecule has 106 valence electrons. The van der Waals surface area contributed by atoms with Crippen molar-refractivity contribution in [3.05, 3.63) is 28.2 Å². The van der Waals surface area contributed by atoms with Crippen LogP contribution in [-0.2, 0) is 4.79 Å². The zero-order chi connectivity index (χ0) is 14.3. The van der Waals surface area contributed by atoms with E-state index >= 15 is 0 Å². The molecule has 6 heteroatoms. The first-order valence-corrected chi connectivity index (χ1v) is 6.85. The Morgan fingerprint density at radius 2 is 2.21 bits per heavy atom. The summed E-state index contributed by atoms with van der Waals surface area (Å²) in [7, 11) is 0. The number of nitrogens with one attached hydrogen (secondary N) is 1. The van der Waals surface area contributed by atoms with Gasteiger partial charge in [0.05, 0.1) is 11.6 Å². The fraction of sp³-hybridized carbons (Fsp3) is 0.462. The van der Waals surface area contributed by atoms with Crippen LogP contribution in [0.15, 0.2) is 18.2 Å². The van der Waals surface area contributed by atoms with Gasteiger partial charge in [-0.25, -0.2) is 0 Å². The molecule has 1 atom stereocenters. The molecule has 1 aromatic carbocycles. The van der Waals surface area contributed by atoms with Gasteiger partial charge in [-0.3, -0.25) is 4.79 Å². The molecule has 0 bridgehead atoms. The molecule has 4 nitrogen and oxygen atoms in total. The van der Waals surface area contributed by atoms with E-state index in [0.29, 0.717) is 41.8 Å². The summed E-state index contributed by atoms with van der Waals surface area (Å²) in [5.41, 5.74) is 5.42. The lowest BCUT2D eigenvalue weighted by Gasteiger charge is -2.11. The van der Waals surface area contributed by atoms with Crippen molar-refractivity contribution in [3.8, 4) is 5.75 Å². The molecule has 0 aromatic heterocycles. The van der Waals surface area contributed by atoms with E-state index in [1.165, 1.54) is 0 Å². The highest BCUT2D eigenvalue weighted by Crippen LogP contribution is 2.27. The zero-order valence-electron chi connectivity index (χ0n) is 10.8. The van der Waals surface area contributed by atoms with Crippen LogP contribution >= 0.6 is 23.2 Å². The lowest BCUT2D eigenvalue weighted by molar-refractivity contribution is -0.121. The van der Waals surface area contributed by atoms with E-state index in [-0.39, 0.29) is 11.9 Å². The number of carbonyl (C=O) groups excluding carboxylic acids is 1. The lowest BCUT2D eigenvalue weighted by Crippen LogP contribution is -2.37. The molecule has 1 aromatic rings. The van der Waals surface area contributed by atoms with Crippen LogP contribution in [0.4, 0.5) is 0 Å². The Kier molecular flexibility index (Phi) is 6.99. The Hall–Kier alpha value is -0.970. The SMILES string of the molecule is C[C@@H](CN)NC(=O)CCCOc1ccc(Cl)cc1Cl. The van der Waals surface area contributed by atoms with E-state index in [9.17, 15) is 4.79 Å². The summed E-state index contributed by atoms with van der Waals surface area (Å²) in [6.07, 6.45) is 1.01. The quantitative estimate of drug-likeness (QED) is 0.761. The van der Waals surface area contributed by atoms with Gasteiger partial charge in [-0.15, -0.1) is 0 Å². The van der Waals surface area contributed by atoms with Gasteiger partial charge in [-0.2, -0.15) is 0 Å². The molecule has 19 heavy (non-hydrogen) atoms. The van der Waals surface area contributed by atoms with E-state index in [2.05, 4.69) is 5.32 Å². The van der Waals surface area contributed by atoms with Crippen molar-refractivity contribution in [2.45, 2.75) is 25.8 Å². The van der Waals surface area contributed by atoms with Crippen LogP contribution < -0.4 is 15.8 Å². The van der Waals surface area contributed by atoms with Gasteiger partial charge in [0, 0.05) is 24.0 Å². The van der Waals surface area contributed by atoms with E-state index in [1.54, 1.807) is 18.2 Å². The molecular weight excluding hydrogens is 287 g/mol. The molecule has 1 amide bonds. The van der Waals surface area contributed by atoms with Crippen molar-refractivity contribution in [2.24, 2.45) is 5.73 Å². The molecule has 0 spiro atoms. The van der Waals surface area contributed by atoms with Crippen LogP contribution in [0.2, 0.25) is 10.0 Å². The molecule has 0 unspecified atom stereocenters. The number of benzene rings is 1. The predicted octanol–water partition coefficient (Wildman–Crippen LogP) is 2.62. The van der Waals surface area contributed by atoms with Crippen molar-refractivity contribution in [3.63, 3.8) is 0 Å². The maximum atomic E-state index is 11.5. The summed E-state index contributed by atoms with van der Waals surface area (Å²) in [5, 5.41) is 3.81. The minimum absolute atomic E-state index is 0.000807. The van der Waals surface area contributed by atoms with Crippen LogP contribution in [0.25, 0.3) is 0 Å². The van der Waals surface area contributed by atoms with Crippen LogP contribution in [0.1, 0.15) is 19.8 Å². The molecule has 0 heterocycles. The lowest BCUT2D eigenvalue weighted by atomic mass is 10.2. The molecule has 0 fully saturated rings. The summed E-state index contributed by atoms with van der Waals surface area (Å²) in [5.74, 6) is 0.547. The number of hydrogen-bond acceptors (Lipinski definition) is 3. The van der Waals surface area contributed by atoms with Crippen LogP contribution in [0, 0.1) is 0 Å². The number of halogens is 2. The largest absolute Gasteiger partial charge is 0.492 e. The average molecular weight is 305 g/mol. The minimum Gasteiger partial charge on any atom is -0.492 e. The number of ether oxygens (including phenoxy) is 1. The van der Waals surface area contributed by atoms with E-state index in [1.807, 2.05) is 6.92 Å². The van der Waals surface area contributed by atoms with Gasteiger partial charge >= 0.3 is 0 Å². The summed E-state index contributed by atoms with van der Waals surface area (Å²) in [6, 6.07) is 5.03. The Morgan fingerprint density at radius 1 is 1.47 bits per heavy atom. The number of rotatable bonds is 7. The first-order valence-electron chi connectivity index (χ1n) is 6.10. The Balaban J connectivity index is 2.25. The number of hydrogen-bond donors (Lipinski definition) is 2. The zero-order valence-corrected chi connectivity index (χ0v) is 12.3. The number of nitrogens with two attached hydrogens (primary N) is 1. The molecule has 0 saturated carbocycles. The van der Waals surface area contributed by atoms with Crippen molar-refractivity contribution in [1.82, 2.24) is 5.32 Å². The third-order valence-electron chi connectivity index (χ3n) is 2.46.